The average Bonchev–Trinajstić information content (AvgIpc) is 3.33. The molecule has 3 aromatic rings. The van der Waals surface area contributed by atoms with Crippen LogP contribution in [0.1, 0.15) is 37.0 Å². The van der Waals surface area contributed by atoms with Crippen molar-refractivity contribution in [2.45, 2.75) is 50.0 Å². The van der Waals surface area contributed by atoms with Crippen molar-refractivity contribution in [3.05, 3.63) is 120 Å². The standard InChI is InChI=1S/C30H32O4/c1-4-29(20-25(31)26-27(29)34-28(2,3)33-26)21-32-30(22-14-8-5-9-15-22,23-16-10-6-11-17-23)24-18-12-7-13-19-24/h4-19,25-27,31H,1,20-21H2,2-3H3/t25-,26-,27-,29-/m0/s1. The van der Waals surface area contributed by atoms with Crippen LogP contribution < -0.4 is 0 Å². The van der Waals surface area contributed by atoms with Gasteiger partial charge in [-0.3, -0.25) is 0 Å². The second kappa shape index (κ2) is 8.79. The Kier molecular flexibility index (Phi) is 5.95. The van der Waals surface area contributed by atoms with Gasteiger partial charge in [0, 0.05) is 5.41 Å². The Balaban J connectivity index is 1.62. The predicted octanol–water partition coefficient (Wildman–Crippen LogP) is 5.45. The molecule has 1 aliphatic carbocycles. The Hall–Kier alpha value is -2.76. The molecule has 0 unspecified atom stereocenters. The minimum atomic E-state index is -0.849. The van der Waals surface area contributed by atoms with Crippen LogP contribution in [0.15, 0.2) is 104 Å². The van der Waals surface area contributed by atoms with Crippen LogP contribution in [0.5, 0.6) is 0 Å². The average molecular weight is 457 g/mol. The Morgan fingerprint density at radius 1 is 0.882 bits per heavy atom. The highest BCUT2D eigenvalue weighted by Gasteiger charge is 2.60. The highest BCUT2D eigenvalue weighted by Crippen LogP contribution is 2.51. The summed E-state index contributed by atoms with van der Waals surface area (Å²) in [5.41, 5.74) is 1.65. The minimum Gasteiger partial charge on any atom is -0.390 e. The molecule has 4 heteroatoms. The third kappa shape index (κ3) is 3.81. The number of aliphatic hydroxyl groups is 1. The molecule has 1 saturated heterocycles. The largest absolute Gasteiger partial charge is 0.390 e. The third-order valence-corrected chi connectivity index (χ3v) is 7.17. The van der Waals surface area contributed by atoms with E-state index in [4.69, 9.17) is 14.2 Å². The number of hydrogen-bond acceptors (Lipinski definition) is 4. The molecule has 1 aliphatic heterocycles. The summed E-state index contributed by atoms with van der Waals surface area (Å²) < 4.78 is 19.4. The van der Waals surface area contributed by atoms with E-state index in [2.05, 4.69) is 43.0 Å². The molecule has 0 aromatic heterocycles. The van der Waals surface area contributed by atoms with Crippen LogP contribution in [0.3, 0.4) is 0 Å². The first kappa shape index (κ1) is 23.0. The van der Waals surface area contributed by atoms with Gasteiger partial charge in [-0.2, -0.15) is 0 Å². The summed E-state index contributed by atoms with van der Waals surface area (Å²) >= 11 is 0. The maximum atomic E-state index is 10.9. The summed E-state index contributed by atoms with van der Waals surface area (Å²) in [5, 5.41) is 10.9. The number of rotatable bonds is 7. The van der Waals surface area contributed by atoms with E-state index in [1.807, 2.05) is 74.5 Å². The number of benzene rings is 3. The van der Waals surface area contributed by atoms with Crippen LogP contribution >= 0.6 is 0 Å². The van der Waals surface area contributed by atoms with Gasteiger partial charge in [0.25, 0.3) is 0 Å². The van der Waals surface area contributed by atoms with Crippen molar-refractivity contribution in [2.75, 3.05) is 6.61 Å². The SMILES string of the molecule is C=C[C@@]1(COC(c2ccccc2)(c2ccccc2)c2ccccc2)C[C@H](O)[C@@H]2OC(C)(C)O[C@@H]21. The number of ether oxygens (including phenoxy) is 3. The van der Waals surface area contributed by atoms with Gasteiger partial charge in [0.15, 0.2) is 5.79 Å². The molecule has 1 saturated carbocycles. The van der Waals surface area contributed by atoms with E-state index in [1.165, 1.54) is 0 Å². The molecule has 0 radical (unpaired) electrons. The summed E-state index contributed by atoms with van der Waals surface area (Å²) in [6.07, 6.45) is 0.965. The molecule has 0 spiro atoms. The smallest absolute Gasteiger partial charge is 0.163 e. The number of hydrogen-bond donors (Lipinski definition) is 1. The Labute approximate surface area is 201 Å². The van der Waals surface area contributed by atoms with Crippen LogP contribution in [-0.2, 0) is 19.8 Å². The Morgan fingerprint density at radius 3 is 1.79 bits per heavy atom. The molecule has 4 nitrogen and oxygen atoms in total. The molecular weight excluding hydrogens is 424 g/mol. The zero-order valence-electron chi connectivity index (χ0n) is 19.8. The van der Waals surface area contributed by atoms with Crippen LogP contribution in [0.25, 0.3) is 0 Å². The lowest BCUT2D eigenvalue weighted by molar-refractivity contribution is -0.177. The van der Waals surface area contributed by atoms with Gasteiger partial charge in [-0.1, -0.05) is 97.1 Å². The van der Waals surface area contributed by atoms with Crippen molar-refractivity contribution in [1.29, 1.82) is 0 Å². The van der Waals surface area contributed by atoms with E-state index in [1.54, 1.807) is 0 Å². The third-order valence-electron chi connectivity index (χ3n) is 7.17. The number of fused-ring (bicyclic) bond motifs is 1. The van der Waals surface area contributed by atoms with E-state index >= 15 is 0 Å². The first-order valence-corrected chi connectivity index (χ1v) is 11.9. The predicted molar refractivity (Wildman–Crippen MR) is 132 cm³/mol. The molecule has 0 bridgehead atoms. The normalized spacial score (nSPS) is 27.9. The van der Waals surface area contributed by atoms with E-state index in [0.29, 0.717) is 13.0 Å². The monoisotopic (exact) mass is 456 g/mol. The molecule has 2 aliphatic rings. The first-order chi connectivity index (χ1) is 16.4. The summed E-state index contributed by atoms with van der Waals surface area (Å²) in [5.74, 6) is -0.764. The maximum Gasteiger partial charge on any atom is 0.163 e. The van der Waals surface area contributed by atoms with E-state index in [0.717, 1.165) is 16.7 Å². The fourth-order valence-electron chi connectivity index (χ4n) is 5.55. The van der Waals surface area contributed by atoms with E-state index in [9.17, 15) is 5.11 Å². The van der Waals surface area contributed by atoms with Crippen molar-refractivity contribution in [1.82, 2.24) is 0 Å². The van der Waals surface area contributed by atoms with Crippen molar-refractivity contribution in [3.63, 3.8) is 0 Å². The van der Waals surface area contributed by atoms with E-state index in [-0.39, 0.29) is 6.10 Å². The van der Waals surface area contributed by atoms with Crippen LogP contribution in [0, 0.1) is 5.41 Å². The van der Waals surface area contributed by atoms with Gasteiger partial charge >= 0.3 is 0 Å². The second-order valence-corrected chi connectivity index (χ2v) is 9.80. The van der Waals surface area contributed by atoms with Gasteiger partial charge in [0.2, 0.25) is 0 Å². The highest BCUT2D eigenvalue weighted by molar-refractivity contribution is 5.47. The Bertz CT molecular complexity index is 1020. The molecular formula is C30H32O4. The molecule has 176 valence electrons. The molecule has 1 N–H and O–H groups in total. The van der Waals surface area contributed by atoms with Crippen LogP contribution in [0.4, 0.5) is 0 Å². The molecule has 2 fully saturated rings. The van der Waals surface area contributed by atoms with Gasteiger partial charge in [-0.05, 0) is 37.0 Å². The molecule has 1 heterocycles. The minimum absolute atomic E-state index is 0.312. The topological polar surface area (TPSA) is 47.9 Å². The molecule has 0 amide bonds. The Morgan fingerprint density at radius 2 is 1.35 bits per heavy atom. The second-order valence-electron chi connectivity index (χ2n) is 9.80. The van der Waals surface area contributed by atoms with Crippen molar-refractivity contribution < 1.29 is 19.3 Å². The summed E-state index contributed by atoms with van der Waals surface area (Å²) in [6, 6.07) is 30.9. The molecule has 34 heavy (non-hydrogen) atoms. The zero-order chi connectivity index (χ0) is 23.8. The lowest BCUT2D eigenvalue weighted by Crippen LogP contribution is -2.42. The highest BCUT2D eigenvalue weighted by atomic mass is 16.8. The van der Waals surface area contributed by atoms with Gasteiger partial charge in [-0.25, -0.2) is 0 Å². The van der Waals surface area contributed by atoms with Crippen molar-refractivity contribution in [2.24, 2.45) is 5.41 Å². The maximum absolute atomic E-state index is 10.9. The van der Waals surface area contributed by atoms with Crippen LogP contribution in [0.2, 0.25) is 0 Å². The zero-order valence-corrected chi connectivity index (χ0v) is 19.8. The molecule has 4 atom stereocenters. The fourth-order valence-corrected chi connectivity index (χ4v) is 5.55. The fraction of sp³-hybridized carbons (Fsp3) is 0.333. The van der Waals surface area contributed by atoms with Crippen molar-refractivity contribution >= 4 is 0 Å². The summed E-state index contributed by atoms with van der Waals surface area (Å²) in [7, 11) is 0. The molecule has 3 aromatic carbocycles. The van der Waals surface area contributed by atoms with Crippen molar-refractivity contribution in [3.8, 4) is 0 Å². The van der Waals surface area contributed by atoms with Gasteiger partial charge in [0.1, 0.15) is 17.8 Å². The summed E-state index contributed by atoms with van der Waals surface area (Å²) in [6.45, 7) is 8.23. The van der Waals surface area contributed by atoms with Gasteiger partial charge in [0.05, 0.1) is 12.7 Å². The lowest BCUT2D eigenvalue weighted by Gasteiger charge is -2.40. The van der Waals surface area contributed by atoms with Gasteiger partial charge < -0.3 is 19.3 Å². The van der Waals surface area contributed by atoms with Crippen LogP contribution in [-0.4, -0.2) is 35.8 Å². The molecule has 5 rings (SSSR count). The van der Waals surface area contributed by atoms with E-state index < -0.39 is 29.0 Å². The summed E-state index contributed by atoms with van der Waals surface area (Å²) in [4.78, 5) is 0. The lowest BCUT2D eigenvalue weighted by atomic mass is 9.79. The first-order valence-electron chi connectivity index (χ1n) is 11.9. The quantitative estimate of drug-likeness (QED) is 0.379. The van der Waals surface area contributed by atoms with Gasteiger partial charge in [-0.15, -0.1) is 6.58 Å². The number of aliphatic hydroxyl groups excluding tert-OH is 1.